The van der Waals surface area contributed by atoms with E-state index in [0.717, 1.165) is 0 Å². The van der Waals surface area contributed by atoms with E-state index in [9.17, 15) is 9.36 Å². The van der Waals surface area contributed by atoms with Gasteiger partial charge in [0.1, 0.15) is 18.3 Å². The lowest BCUT2D eigenvalue weighted by atomic mass is 10.1. The van der Waals surface area contributed by atoms with Gasteiger partial charge in [0.05, 0.1) is 19.3 Å². The molecule has 4 rings (SSSR count). The smallest absolute Gasteiger partial charge is 0.347 e. The number of nitrogens with zero attached hydrogens (tertiary/aromatic N) is 3. The molecular weight excluding hydrogens is 395 g/mol. The minimum Gasteiger partial charge on any atom is -0.347 e. The monoisotopic (exact) mass is 416 g/mol. The molecule has 0 bridgehead atoms. The number of imidazole rings is 1. The number of hydrogen-bond acceptors (Lipinski definition) is 10. The van der Waals surface area contributed by atoms with Crippen molar-refractivity contribution < 1.29 is 32.3 Å². The Kier molecular flexibility index (Phi) is 4.91. The van der Waals surface area contributed by atoms with Gasteiger partial charge in [-0.2, -0.15) is 0 Å². The number of ether oxygens (including phenoxy) is 3. The van der Waals surface area contributed by atoms with Gasteiger partial charge in [-0.15, -0.1) is 0 Å². The highest BCUT2D eigenvalue weighted by Crippen LogP contribution is 2.50. The zero-order valence-electron chi connectivity index (χ0n) is 15.7. The van der Waals surface area contributed by atoms with Crippen LogP contribution in [0.2, 0.25) is 0 Å². The highest BCUT2D eigenvalue weighted by molar-refractivity contribution is 7.48. The van der Waals surface area contributed by atoms with Gasteiger partial charge in [-0.25, -0.2) is 14.5 Å². The van der Waals surface area contributed by atoms with Gasteiger partial charge in [-0.05, 0) is 13.8 Å². The number of nitrogens with one attached hydrogen (secondary N) is 1. The number of phosphoric ester groups is 1. The highest BCUT2D eigenvalue weighted by atomic mass is 31.2. The molecule has 2 aliphatic rings. The zero-order valence-corrected chi connectivity index (χ0v) is 16.6. The lowest BCUT2D eigenvalue weighted by molar-refractivity contribution is -0.199. The standard InChI is InChI=1S/C15H21N4O8P/c1-15(2)26-10-8(5-24-28(21,22-3)23-4)25-14(11(10)27-15)19-7-18-9-12(19)16-6-17-13(9)20/h6-8,10-11,14H,5H2,1-4H3,(H,16,17,20)/t8-,10-,11-,14-/m1/s1. The quantitative estimate of drug-likeness (QED) is 0.678. The van der Waals surface area contributed by atoms with Gasteiger partial charge in [0.25, 0.3) is 5.56 Å². The molecule has 0 radical (unpaired) electrons. The molecule has 4 atom stereocenters. The largest absolute Gasteiger partial charge is 0.474 e. The van der Waals surface area contributed by atoms with Crippen molar-refractivity contribution in [2.75, 3.05) is 20.8 Å². The van der Waals surface area contributed by atoms with E-state index < -0.39 is 38.1 Å². The van der Waals surface area contributed by atoms with E-state index in [4.69, 9.17) is 27.8 Å². The maximum Gasteiger partial charge on any atom is 0.474 e. The molecule has 4 heterocycles. The first-order valence-electron chi connectivity index (χ1n) is 8.54. The summed E-state index contributed by atoms with van der Waals surface area (Å²) in [6, 6.07) is 0. The van der Waals surface area contributed by atoms with Crippen LogP contribution < -0.4 is 5.56 Å². The predicted molar refractivity (Wildman–Crippen MR) is 93.5 cm³/mol. The maximum atomic E-state index is 12.2. The second kappa shape index (κ2) is 6.99. The average molecular weight is 416 g/mol. The van der Waals surface area contributed by atoms with Crippen LogP contribution >= 0.6 is 7.82 Å². The first-order chi connectivity index (χ1) is 13.3. The summed E-state index contributed by atoms with van der Waals surface area (Å²) in [6.45, 7) is 3.45. The first kappa shape index (κ1) is 19.6. The Labute approximate surface area is 159 Å². The Morgan fingerprint density at radius 2 is 1.96 bits per heavy atom. The van der Waals surface area contributed by atoms with Crippen LogP contribution in [0.15, 0.2) is 17.4 Å². The molecule has 2 aromatic heterocycles. The van der Waals surface area contributed by atoms with Crippen LogP contribution in [0.1, 0.15) is 20.1 Å². The second-order valence-corrected chi connectivity index (χ2v) is 8.68. The summed E-state index contributed by atoms with van der Waals surface area (Å²) >= 11 is 0. The van der Waals surface area contributed by atoms with Gasteiger partial charge < -0.3 is 19.2 Å². The van der Waals surface area contributed by atoms with E-state index in [1.54, 1.807) is 18.4 Å². The van der Waals surface area contributed by atoms with Gasteiger partial charge in [0.15, 0.2) is 23.2 Å². The Morgan fingerprint density at radius 3 is 2.68 bits per heavy atom. The zero-order chi connectivity index (χ0) is 20.1. The van der Waals surface area contributed by atoms with Crippen LogP contribution in [0.25, 0.3) is 11.2 Å². The number of rotatable bonds is 6. The summed E-state index contributed by atoms with van der Waals surface area (Å²) in [4.78, 5) is 22.7. The molecule has 0 aromatic carbocycles. The number of H-pyrrole nitrogens is 1. The molecule has 2 aliphatic heterocycles. The second-order valence-electron chi connectivity index (χ2n) is 6.79. The molecule has 154 valence electrons. The molecule has 12 nitrogen and oxygen atoms in total. The van der Waals surface area contributed by atoms with E-state index >= 15 is 0 Å². The van der Waals surface area contributed by atoms with Crippen LogP contribution in [0.5, 0.6) is 0 Å². The van der Waals surface area contributed by atoms with Crippen molar-refractivity contribution in [3.63, 3.8) is 0 Å². The molecular formula is C15H21N4O8P. The van der Waals surface area contributed by atoms with Crippen molar-refractivity contribution in [3.8, 4) is 0 Å². The van der Waals surface area contributed by atoms with Gasteiger partial charge in [0.2, 0.25) is 0 Å². The molecule has 2 aromatic rings. The SMILES string of the molecule is COP(=O)(OC)OC[C@H]1O[C@@H](n2cnc3c(=O)[nH]cnc32)[C@@H]2OC(C)(C)O[C@@H]21. The molecule has 2 saturated heterocycles. The molecule has 28 heavy (non-hydrogen) atoms. The van der Waals surface area contributed by atoms with Crippen molar-refractivity contribution in [3.05, 3.63) is 23.0 Å². The molecule has 0 unspecified atom stereocenters. The van der Waals surface area contributed by atoms with Crippen LogP contribution in [-0.2, 0) is 32.3 Å². The maximum absolute atomic E-state index is 12.2. The predicted octanol–water partition coefficient (Wildman–Crippen LogP) is 0.955. The third-order valence-corrected chi connectivity index (χ3v) is 5.97. The summed E-state index contributed by atoms with van der Waals surface area (Å²) in [5, 5.41) is 0. The Morgan fingerprint density at radius 1 is 1.25 bits per heavy atom. The van der Waals surface area contributed by atoms with E-state index in [1.807, 2.05) is 0 Å². The van der Waals surface area contributed by atoms with Crippen LogP contribution in [0, 0.1) is 0 Å². The molecule has 2 fully saturated rings. The lowest BCUT2D eigenvalue weighted by Gasteiger charge is -2.25. The molecule has 0 spiro atoms. The molecule has 1 N–H and O–H groups in total. The van der Waals surface area contributed by atoms with Gasteiger partial charge in [-0.3, -0.25) is 22.9 Å². The fraction of sp³-hybridized carbons (Fsp3) is 0.667. The number of hydrogen-bond donors (Lipinski definition) is 1. The summed E-state index contributed by atoms with van der Waals surface area (Å²) < 4.78 is 46.7. The van der Waals surface area contributed by atoms with Crippen molar-refractivity contribution in [2.45, 2.75) is 44.2 Å². The topological polar surface area (TPSA) is 136 Å². The Hall–Kier alpha value is -1.66. The van der Waals surface area contributed by atoms with Gasteiger partial charge in [-0.1, -0.05) is 0 Å². The summed E-state index contributed by atoms with van der Waals surface area (Å²) in [6.07, 6.45) is 0.410. The molecule has 13 heteroatoms. The summed E-state index contributed by atoms with van der Waals surface area (Å²) in [5.41, 5.74) is 0.175. The third kappa shape index (κ3) is 3.30. The fourth-order valence-electron chi connectivity index (χ4n) is 3.41. The highest BCUT2D eigenvalue weighted by Gasteiger charge is 2.56. The minimum absolute atomic E-state index is 0.114. The van der Waals surface area contributed by atoms with E-state index in [0.29, 0.717) is 5.65 Å². The first-order valence-corrected chi connectivity index (χ1v) is 10.0. The summed E-state index contributed by atoms with van der Waals surface area (Å²) in [5.74, 6) is -0.858. The Balaban J connectivity index is 1.64. The van der Waals surface area contributed by atoms with E-state index in [1.165, 1.54) is 26.9 Å². The van der Waals surface area contributed by atoms with Crippen LogP contribution in [0.3, 0.4) is 0 Å². The van der Waals surface area contributed by atoms with Gasteiger partial charge in [0, 0.05) is 14.2 Å². The number of phosphoric acid groups is 1. The Bertz CT molecular complexity index is 966. The summed E-state index contributed by atoms with van der Waals surface area (Å²) in [7, 11) is -1.23. The lowest BCUT2D eigenvalue weighted by Crippen LogP contribution is -2.32. The fourth-order valence-corrected chi connectivity index (χ4v) is 4.10. The molecule has 0 saturated carbocycles. The van der Waals surface area contributed by atoms with Crippen molar-refractivity contribution in [1.29, 1.82) is 0 Å². The number of aromatic amines is 1. The van der Waals surface area contributed by atoms with E-state index in [-0.39, 0.29) is 17.7 Å². The van der Waals surface area contributed by atoms with Crippen LogP contribution in [-0.4, -0.2) is 64.4 Å². The molecule has 0 aliphatic carbocycles. The van der Waals surface area contributed by atoms with Crippen molar-refractivity contribution >= 4 is 19.0 Å². The van der Waals surface area contributed by atoms with Crippen molar-refractivity contribution in [1.82, 2.24) is 19.5 Å². The number of aromatic nitrogens is 4. The average Bonchev–Trinajstić information content (AvgIpc) is 3.31. The van der Waals surface area contributed by atoms with Crippen molar-refractivity contribution in [2.24, 2.45) is 0 Å². The normalized spacial score (nSPS) is 29.4. The minimum atomic E-state index is -3.68. The number of fused-ring (bicyclic) bond motifs is 2. The molecule has 0 amide bonds. The van der Waals surface area contributed by atoms with Gasteiger partial charge >= 0.3 is 7.82 Å². The third-order valence-electron chi connectivity index (χ3n) is 4.61. The van der Waals surface area contributed by atoms with E-state index in [2.05, 4.69) is 15.0 Å². The van der Waals surface area contributed by atoms with Crippen LogP contribution in [0.4, 0.5) is 0 Å².